The van der Waals surface area contributed by atoms with Gasteiger partial charge in [-0.3, -0.25) is 4.72 Å². The van der Waals surface area contributed by atoms with Gasteiger partial charge in [-0.15, -0.1) is 0 Å². The van der Waals surface area contributed by atoms with E-state index in [0.717, 1.165) is 11.3 Å². The standard InChI is InChI=1S/C13H7Cl2NO4S2/c14-7-1-3-9(4-2-7)22(18,19)16-8-5-10(15)12-11(6-8)21-13(17)20-12/h1-6,16H. The van der Waals surface area contributed by atoms with Crippen molar-refractivity contribution in [1.29, 1.82) is 0 Å². The predicted octanol–water partition coefficient (Wildman–Crippen LogP) is 3.96. The van der Waals surface area contributed by atoms with Gasteiger partial charge in [0.25, 0.3) is 10.0 Å². The fourth-order valence-electron chi connectivity index (χ4n) is 1.82. The monoisotopic (exact) mass is 375 g/mol. The van der Waals surface area contributed by atoms with Crippen molar-refractivity contribution in [3.8, 4) is 0 Å². The summed E-state index contributed by atoms with van der Waals surface area (Å²) in [6.45, 7) is 0. The van der Waals surface area contributed by atoms with Crippen molar-refractivity contribution < 1.29 is 12.8 Å². The highest BCUT2D eigenvalue weighted by Gasteiger charge is 2.16. The Morgan fingerprint density at radius 2 is 1.77 bits per heavy atom. The van der Waals surface area contributed by atoms with Crippen LogP contribution >= 0.6 is 34.5 Å². The van der Waals surface area contributed by atoms with Crippen LogP contribution in [0.3, 0.4) is 0 Å². The van der Waals surface area contributed by atoms with Crippen LogP contribution in [-0.2, 0) is 10.0 Å². The number of rotatable bonds is 3. The third-order valence-electron chi connectivity index (χ3n) is 2.76. The molecule has 22 heavy (non-hydrogen) atoms. The molecule has 1 heterocycles. The summed E-state index contributed by atoms with van der Waals surface area (Å²) in [5.41, 5.74) is 0.482. The molecular formula is C13H7Cl2NO4S2. The SMILES string of the molecule is O=c1oc2c(Cl)cc(NS(=O)(=O)c3ccc(Cl)cc3)cc2s1. The third kappa shape index (κ3) is 2.98. The molecule has 0 atom stereocenters. The summed E-state index contributed by atoms with van der Waals surface area (Å²) in [5.74, 6) is 0. The van der Waals surface area contributed by atoms with Crippen LogP contribution in [-0.4, -0.2) is 8.42 Å². The van der Waals surface area contributed by atoms with Crippen LogP contribution < -0.4 is 9.66 Å². The molecule has 0 amide bonds. The molecule has 0 unspecified atom stereocenters. The van der Waals surface area contributed by atoms with E-state index < -0.39 is 15.0 Å². The van der Waals surface area contributed by atoms with Crippen LogP contribution in [0.5, 0.6) is 0 Å². The van der Waals surface area contributed by atoms with E-state index in [-0.39, 0.29) is 21.2 Å². The van der Waals surface area contributed by atoms with Gasteiger partial charge in [-0.25, -0.2) is 13.2 Å². The van der Waals surface area contributed by atoms with E-state index in [1.54, 1.807) is 0 Å². The van der Waals surface area contributed by atoms with E-state index in [0.29, 0.717) is 9.72 Å². The number of fused-ring (bicyclic) bond motifs is 1. The van der Waals surface area contributed by atoms with E-state index >= 15 is 0 Å². The smallest absolute Gasteiger partial charge is 0.396 e. The first kappa shape index (κ1) is 15.4. The fraction of sp³-hybridized carbons (Fsp3) is 0. The number of hydrogen-bond donors (Lipinski definition) is 1. The molecule has 3 aromatic rings. The van der Waals surface area contributed by atoms with E-state index in [1.807, 2.05) is 0 Å². The molecular weight excluding hydrogens is 369 g/mol. The molecule has 3 rings (SSSR count). The third-order valence-corrected chi connectivity index (χ3v) is 5.47. The van der Waals surface area contributed by atoms with Gasteiger partial charge in [-0.1, -0.05) is 34.5 Å². The molecule has 1 aromatic heterocycles. The highest BCUT2D eigenvalue weighted by molar-refractivity contribution is 7.92. The molecule has 0 aliphatic carbocycles. The lowest BCUT2D eigenvalue weighted by molar-refractivity contribution is 0.585. The maximum atomic E-state index is 12.3. The molecule has 0 bridgehead atoms. The first-order valence-electron chi connectivity index (χ1n) is 5.87. The zero-order valence-corrected chi connectivity index (χ0v) is 13.8. The Morgan fingerprint density at radius 3 is 2.45 bits per heavy atom. The van der Waals surface area contributed by atoms with Gasteiger partial charge in [0.2, 0.25) is 0 Å². The Bertz CT molecular complexity index is 1010. The number of anilines is 1. The molecule has 114 valence electrons. The number of hydrogen-bond acceptors (Lipinski definition) is 5. The van der Waals surface area contributed by atoms with Crippen molar-refractivity contribution >= 4 is 60.5 Å². The lowest BCUT2D eigenvalue weighted by Gasteiger charge is -2.08. The number of nitrogens with one attached hydrogen (secondary N) is 1. The zero-order valence-electron chi connectivity index (χ0n) is 10.7. The van der Waals surface area contributed by atoms with Gasteiger partial charge in [0.15, 0.2) is 5.58 Å². The van der Waals surface area contributed by atoms with Crippen molar-refractivity contribution in [3.63, 3.8) is 0 Å². The average Bonchev–Trinajstić information content (AvgIpc) is 2.80. The van der Waals surface area contributed by atoms with Gasteiger partial charge in [0.1, 0.15) is 0 Å². The van der Waals surface area contributed by atoms with Gasteiger partial charge in [0, 0.05) is 5.02 Å². The van der Waals surface area contributed by atoms with Gasteiger partial charge in [-0.2, -0.15) is 0 Å². The van der Waals surface area contributed by atoms with Crippen molar-refractivity contribution in [2.45, 2.75) is 4.90 Å². The van der Waals surface area contributed by atoms with Crippen LogP contribution in [0.4, 0.5) is 5.69 Å². The van der Waals surface area contributed by atoms with Crippen LogP contribution in [0.2, 0.25) is 10.0 Å². The molecule has 0 spiro atoms. The van der Waals surface area contributed by atoms with Gasteiger partial charge < -0.3 is 4.42 Å². The molecule has 0 saturated carbocycles. The topological polar surface area (TPSA) is 76.4 Å². The fourth-order valence-corrected chi connectivity index (χ4v) is 4.04. The van der Waals surface area contributed by atoms with Gasteiger partial charge >= 0.3 is 4.94 Å². The minimum Gasteiger partial charge on any atom is -0.412 e. The first-order valence-corrected chi connectivity index (χ1v) is 8.92. The second-order valence-electron chi connectivity index (χ2n) is 4.30. The van der Waals surface area contributed by atoms with Crippen molar-refractivity contribution in [1.82, 2.24) is 0 Å². The van der Waals surface area contributed by atoms with E-state index in [2.05, 4.69) is 4.72 Å². The second kappa shape index (κ2) is 5.58. The zero-order chi connectivity index (χ0) is 15.9. The predicted molar refractivity (Wildman–Crippen MR) is 87.6 cm³/mol. The molecule has 0 radical (unpaired) electrons. The van der Waals surface area contributed by atoms with E-state index in [4.69, 9.17) is 27.6 Å². The lowest BCUT2D eigenvalue weighted by atomic mass is 10.3. The molecule has 2 aromatic carbocycles. The molecule has 1 N–H and O–H groups in total. The quantitative estimate of drug-likeness (QED) is 0.751. The summed E-state index contributed by atoms with van der Waals surface area (Å²) in [6.07, 6.45) is 0. The van der Waals surface area contributed by atoms with Gasteiger partial charge in [-0.05, 0) is 36.4 Å². The number of sulfonamides is 1. The summed E-state index contributed by atoms with van der Waals surface area (Å²) in [5, 5.41) is 0.594. The highest BCUT2D eigenvalue weighted by atomic mass is 35.5. The molecule has 0 saturated heterocycles. The number of halogens is 2. The van der Waals surface area contributed by atoms with Crippen molar-refractivity contribution in [2.24, 2.45) is 0 Å². The van der Waals surface area contributed by atoms with Crippen molar-refractivity contribution in [2.75, 3.05) is 4.72 Å². The molecule has 0 fully saturated rings. The summed E-state index contributed by atoms with van der Waals surface area (Å²) in [7, 11) is -3.78. The first-order chi connectivity index (χ1) is 10.3. The summed E-state index contributed by atoms with van der Waals surface area (Å²) < 4.78 is 32.4. The second-order valence-corrected chi connectivity index (χ2v) is 7.80. The largest absolute Gasteiger partial charge is 0.412 e. The summed E-state index contributed by atoms with van der Waals surface area (Å²) in [4.78, 5) is 10.8. The maximum Gasteiger partial charge on any atom is 0.396 e. The highest BCUT2D eigenvalue weighted by Crippen LogP contribution is 2.30. The van der Waals surface area contributed by atoms with Crippen LogP contribution in [0, 0.1) is 0 Å². The lowest BCUT2D eigenvalue weighted by Crippen LogP contribution is -2.12. The Labute approximate surface area is 139 Å². The molecule has 0 aliphatic rings. The normalized spacial score (nSPS) is 11.7. The Kier molecular flexibility index (Phi) is 3.90. The Hall–Kier alpha value is -1.54. The minimum atomic E-state index is -3.78. The molecule has 0 aliphatic heterocycles. The van der Waals surface area contributed by atoms with E-state index in [9.17, 15) is 13.2 Å². The van der Waals surface area contributed by atoms with Crippen LogP contribution in [0.25, 0.3) is 10.3 Å². The molecule has 9 heteroatoms. The summed E-state index contributed by atoms with van der Waals surface area (Å²) >= 11 is 12.6. The Balaban J connectivity index is 2.01. The van der Waals surface area contributed by atoms with Crippen LogP contribution in [0.15, 0.2) is 50.5 Å². The maximum absolute atomic E-state index is 12.3. The van der Waals surface area contributed by atoms with E-state index in [1.165, 1.54) is 36.4 Å². The summed E-state index contributed by atoms with van der Waals surface area (Å²) in [6, 6.07) is 8.61. The average molecular weight is 376 g/mol. The minimum absolute atomic E-state index is 0.0634. The van der Waals surface area contributed by atoms with Crippen LogP contribution in [0.1, 0.15) is 0 Å². The molecule has 5 nitrogen and oxygen atoms in total. The van der Waals surface area contributed by atoms with Crippen molar-refractivity contribution in [3.05, 3.63) is 56.2 Å². The van der Waals surface area contributed by atoms with Gasteiger partial charge in [0.05, 0.1) is 20.3 Å². The number of benzene rings is 2. The Morgan fingerprint density at radius 1 is 1.09 bits per heavy atom.